The maximum absolute atomic E-state index is 12.3. The van der Waals surface area contributed by atoms with Crippen LogP contribution in [0.5, 0.6) is 0 Å². The second-order valence-corrected chi connectivity index (χ2v) is 6.55. The number of hydrogen-bond donors (Lipinski definition) is 1. The molecule has 24 heavy (non-hydrogen) atoms. The van der Waals surface area contributed by atoms with E-state index in [1.165, 1.54) is 0 Å². The van der Waals surface area contributed by atoms with Crippen molar-refractivity contribution in [3.63, 3.8) is 0 Å². The molecule has 1 saturated heterocycles. The number of anilines is 1. The molecule has 0 spiro atoms. The summed E-state index contributed by atoms with van der Waals surface area (Å²) >= 11 is 0. The lowest BCUT2D eigenvalue weighted by Crippen LogP contribution is -2.26. The SMILES string of the molecule is CCC(C)c1ncc(-c2cnn(C)c2)c(N2CCCC2)c1C(N)=O. The van der Waals surface area contributed by atoms with Crippen molar-refractivity contribution in [2.24, 2.45) is 12.8 Å². The van der Waals surface area contributed by atoms with Crippen molar-refractivity contribution in [3.05, 3.63) is 29.8 Å². The van der Waals surface area contributed by atoms with Crippen molar-refractivity contribution in [1.82, 2.24) is 14.8 Å². The van der Waals surface area contributed by atoms with Crippen LogP contribution in [0, 0.1) is 0 Å². The molecule has 1 aliphatic rings. The Morgan fingerprint density at radius 3 is 2.58 bits per heavy atom. The number of aryl methyl sites for hydroxylation is 1. The molecule has 0 saturated carbocycles. The Bertz CT molecular complexity index is 746. The second kappa shape index (κ2) is 6.63. The second-order valence-electron chi connectivity index (χ2n) is 6.55. The standard InChI is InChI=1S/C18H25N5O/c1-4-12(2)16-15(18(19)24)17(23-7-5-6-8-23)14(10-20-16)13-9-21-22(3)11-13/h9-12H,4-8H2,1-3H3,(H2,19,24). The molecule has 0 aliphatic carbocycles. The first kappa shape index (κ1) is 16.5. The van der Waals surface area contributed by atoms with Gasteiger partial charge < -0.3 is 10.6 Å². The van der Waals surface area contributed by atoms with Crippen LogP contribution in [0.15, 0.2) is 18.6 Å². The molecule has 6 heteroatoms. The molecule has 2 aromatic rings. The quantitative estimate of drug-likeness (QED) is 0.916. The molecule has 6 nitrogen and oxygen atoms in total. The van der Waals surface area contributed by atoms with Crippen molar-refractivity contribution >= 4 is 11.6 Å². The lowest BCUT2D eigenvalue weighted by Gasteiger charge is -2.26. The Kier molecular flexibility index (Phi) is 4.55. The highest BCUT2D eigenvalue weighted by Crippen LogP contribution is 2.38. The van der Waals surface area contributed by atoms with Crippen molar-refractivity contribution in [1.29, 1.82) is 0 Å². The summed E-state index contributed by atoms with van der Waals surface area (Å²) in [5, 5.41) is 4.26. The number of nitrogens with two attached hydrogens (primary N) is 1. The Labute approximate surface area is 142 Å². The van der Waals surface area contributed by atoms with Gasteiger partial charge in [0.05, 0.1) is 23.1 Å². The first-order valence-corrected chi connectivity index (χ1v) is 8.59. The molecule has 1 fully saturated rings. The Morgan fingerprint density at radius 1 is 1.33 bits per heavy atom. The van der Waals surface area contributed by atoms with Gasteiger partial charge in [0.1, 0.15) is 0 Å². The summed E-state index contributed by atoms with van der Waals surface area (Å²) in [5.41, 5.74) is 10.0. The van der Waals surface area contributed by atoms with Crippen LogP contribution in [0.1, 0.15) is 55.1 Å². The van der Waals surface area contributed by atoms with Gasteiger partial charge in [-0.25, -0.2) is 0 Å². The van der Waals surface area contributed by atoms with Crippen LogP contribution in [0.3, 0.4) is 0 Å². The Morgan fingerprint density at radius 2 is 2.04 bits per heavy atom. The van der Waals surface area contributed by atoms with Crippen molar-refractivity contribution < 1.29 is 4.79 Å². The average molecular weight is 327 g/mol. The van der Waals surface area contributed by atoms with E-state index in [1.807, 2.05) is 25.6 Å². The number of carbonyl (C=O) groups is 1. The summed E-state index contributed by atoms with van der Waals surface area (Å²) in [7, 11) is 1.88. The third-order valence-corrected chi connectivity index (χ3v) is 4.84. The molecule has 3 heterocycles. The Hall–Kier alpha value is -2.37. The van der Waals surface area contributed by atoms with Crippen LogP contribution < -0.4 is 10.6 Å². The average Bonchev–Trinajstić information content (AvgIpc) is 3.24. The molecule has 0 radical (unpaired) electrons. The predicted octanol–water partition coefficient (Wildman–Crippen LogP) is 2.69. The van der Waals surface area contributed by atoms with Gasteiger partial charge in [0, 0.05) is 43.7 Å². The van der Waals surface area contributed by atoms with Crippen LogP contribution in [-0.4, -0.2) is 33.8 Å². The highest BCUT2D eigenvalue weighted by Gasteiger charge is 2.27. The zero-order chi connectivity index (χ0) is 17.3. The van der Waals surface area contributed by atoms with Gasteiger partial charge in [-0.3, -0.25) is 14.5 Å². The third-order valence-electron chi connectivity index (χ3n) is 4.84. The number of amides is 1. The van der Waals surface area contributed by atoms with Gasteiger partial charge >= 0.3 is 0 Å². The summed E-state index contributed by atoms with van der Waals surface area (Å²) in [6.45, 7) is 6.07. The van der Waals surface area contributed by atoms with Crippen molar-refractivity contribution in [2.75, 3.05) is 18.0 Å². The number of rotatable bonds is 5. The molecule has 3 rings (SSSR count). The minimum absolute atomic E-state index is 0.191. The smallest absolute Gasteiger partial charge is 0.252 e. The van der Waals surface area contributed by atoms with Gasteiger partial charge in [0.25, 0.3) is 5.91 Å². The van der Waals surface area contributed by atoms with Gasteiger partial charge in [-0.1, -0.05) is 13.8 Å². The number of nitrogens with zero attached hydrogens (tertiary/aromatic N) is 4. The molecule has 128 valence electrons. The fraction of sp³-hybridized carbons (Fsp3) is 0.500. The maximum Gasteiger partial charge on any atom is 0.252 e. The molecule has 1 atom stereocenters. The topological polar surface area (TPSA) is 77.0 Å². The fourth-order valence-corrected chi connectivity index (χ4v) is 3.37. The molecule has 2 N–H and O–H groups in total. The van der Waals surface area contributed by atoms with Crippen LogP contribution >= 0.6 is 0 Å². The van der Waals surface area contributed by atoms with Crippen molar-refractivity contribution in [3.8, 4) is 11.1 Å². The van der Waals surface area contributed by atoms with E-state index in [0.717, 1.165) is 54.9 Å². The third kappa shape index (κ3) is 2.88. The van der Waals surface area contributed by atoms with Gasteiger partial charge in [0.2, 0.25) is 0 Å². The van der Waals surface area contributed by atoms with E-state index in [1.54, 1.807) is 4.68 Å². The zero-order valence-corrected chi connectivity index (χ0v) is 14.6. The number of pyridine rings is 1. The molecule has 0 bridgehead atoms. The van der Waals surface area contributed by atoms with E-state index in [9.17, 15) is 4.79 Å². The lowest BCUT2D eigenvalue weighted by molar-refractivity contribution is 0.0999. The minimum atomic E-state index is -0.398. The molecule has 1 amide bonds. The van der Waals surface area contributed by atoms with Crippen LogP contribution in [0.25, 0.3) is 11.1 Å². The van der Waals surface area contributed by atoms with Crippen LogP contribution in [0.4, 0.5) is 5.69 Å². The monoisotopic (exact) mass is 327 g/mol. The van der Waals surface area contributed by atoms with Gasteiger partial charge in [-0.2, -0.15) is 5.10 Å². The van der Waals surface area contributed by atoms with Crippen LogP contribution in [0.2, 0.25) is 0 Å². The van der Waals surface area contributed by atoms with E-state index in [-0.39, 0.29) is 5.92 Å². The first-order chi connectivity index (χ1) is 11.5. The predicted molar refractivity (Wildman–Crippen MR) is 95.1 cm³/mol. The minimum Gasteiger partial charge on any atom is -0.370 e. The normalized spacial score (nSPS) is 15.7. The van der Waals surface area contributed by atoms with Gasteiger partial charge in [-0.15, -0.1) is 0 Å². The largest absolute Gasteiger partial charge is 0.370 e. The van der Waals surface area contributed by atoms with Crippen LogP contribution in [-0.2, 0) is 7.05 Å². The lowest BCUT2D eigenvalue weighted by atomic mass is 9.94. The summed E-state index contributed by atoms with van der Waals surface area (Å²) in [6, 6.07) is 0. The summed E-state index contributed by atoms with van der Waals surface area (Å²) in [6.07, 6.45) is 8.81. The molecular formula is C18H25N5O. The molecule has 1 unspecified atom stereocenters. The molecular weight excluding hydrogens is 302 g/mol. The number of hydrogen-bond acceptors (Lipinski definition) is 4. The van der Waals surface area contributed by atoms with E-state index in [2.05, 4.69) is 28.8 Å². The van der Waals surface area contributed by atoms with E-state index in [0.29, 0.717) is 5.56 Å². The summed E-state index contributed by atoms with van der Waals surface area (Å²) < 4.78 is 1.76. The van der Waals surface area contributed by atoms with E-state index in [4.69, 9.17) is 5.73 Å². The maximum atomic E-state index is 12.3. The number of aromatic nitrogens is 3. The first-order valence-electron chi connectivity index (χ1n) is 8.59. The zero-order valence-electron chi connectivity index (χ0n) is 14.6. The van der Waals surface area contributed by atoms with Crippen molar-refractivity contribution in [2.45, 2.75) is 39.0 Å². The summed E-state index contributed by atoms with van der Waals surface area (Å²) in [5.74, 6) is -0.206. The highest BCUT2D eigenvalue weighted by molar-refractivity contribution is 6.03. The Balaban J connectivity index is 2.26. The molecule has 0 aromatic carbocycles. The van der Waals surface area contributed by atoms with E-state index < -0.39 is 5.91 Å². The number of carbonyl (C=O) groups excluding carboxylic acids is 1. The van der Waals surface area contributed by atoms with Gasteiger partial charge in [-0.05, 0) is 25.2 Å². The highest BCUT2D eigenvalue weighted by atomic mass is 16.1. The van der Waals surface area contributed by atoms with Gasteiger partial charge in [0.15, 0.2) is 0 Å². The molecule has 2 aromatic heterocycles. The molecule has 1 aliphatic heterocycles. The fourth-order valence-electron chi connectivity index (χ4n) is 3.37. The number of primary amides is 1. The summed E-state index contributed by atoms with van der Waals surface area (Å²) in [4.78, 5) is 19.2. The van der Waals surface area contributed by atoms with E-state index >= 15 is 0 Å².